The Morgan fingerprint density at radius 1 is 1.00 bits per heavy atom. The number of hydrogen-bond acceptors (Lipinski definition) is 5. The number of pyridine rings is 2. The number of unbranched alkanes of at least 4 members (excludes halogenated alkanes) is 1. The Morgan fingerprint density at radius 3 is 2.44 bits per heavy atom. The van der Waals surface area contributed by atoms with Gasteiger partial charge in [-0.25, -0.2) is 0 Å². The van der Waals surface area contributed by atoms with Gasteiger partial charge in [0.1, 0.15) is 0 Å². The van der Waals surface area contributed by atoms with E-state index in [1.54, 1.807) is 24.5 Å². The Bertz CT molecular complexity index is 641. The van der Waals surface area contributed by atoms with Crippen molar-refractivity contribution in [2.75, 3.05) is 44.2 Å². The van der Waals surface area contributed by atoms with Gasteiger partial charge >= 0.3 is 0 Å². The molecule has 1 aliphatic rings. The molecule has 1 saturated heterocycles. The van der Waals surface area contributed by atoms with Gasteiger partial charge in [0.2, 0.25) is 0 Å². The molecule has 1 N–H and O–H groups in total. The van der Waals surface area contributed by atoms with Gasteiger partial charge in [0.15, 0.2) is 0 Å². The molecule has 0 radical (unpaired) electrons. The van der Waals surface area contributed by atoms with Gasteiger partial charge in [0.25, 0.3) is 5.91 Å². The van der Waals surface area contributed by atoms with Gasteiger partial charge in [-0.15, -0.1) is 0 Å². The van der Waals surface area contributed by atoms with Crippen LogP contribution in [0.15, 0.2) is 49.1 Å². The highest BCUT2D eigenvalue weighted by molar-refractivity contribution is 5.93. The highest BCUT2D eigenvalue weighted by Crippen LogP contribution is 2.14. The summed E-state index contributed by atoms with van der Waals surface area (Å²) in [5, 5.41) is 2.95. The lowest BCUT2D eigenvalue weighted by Gasteiger charge is -2.35. The van der Waals surface area contributed by atoms with Crippen molar-refractivity contribution in [2.45, 2.75) is 12.8 Å². The van der Waals surface area contributed by atoms with E-state index in [2.05, 4.69) is 31.2 Å². The van der Waals surface area contributed by atoms with E-state index < -0.39 is 0 Å². The lowest BCUT2D eigenvalue weighted by Crippen LogP contribution is -2.46. The minimum absolute atomic E-state index is 0.0433. The molecule has 0 bridgehead atoms. The summed E-state index contributed by atoms with van der Waals surface area (Å²) in [6.45, 7) is 6.05. The number of nitrogens with one attached hydrogen (secondary N) is 1. The van der Waals surface area contributed by atoms with Crippen LogP contribution in [0.5, 0.6) is 0 Å². The van der Waals surface area contributed by atoms with Gasteiger partial charge in [-0.2, -0.15) is 0 Å². The monoisotopic (exact) mass is 339 g/mol. The number of amides is 1. The lowest BCUT2D eigenvalue weighted by molar-refractivity contribution is 0.0952. The predicted octanol–water partition coefficient (Wildman–Crippen LogP) is 1.81. The van der Waals surface area contributed by atoms with Gasteiger partial charge in [-0.05, 0) is 43.7 Å². The molecule has 1 fully saturated rings. The highest BCUT2D eigenvalue weighted by Gasteiger charge is 2.16. The van der Waals surface area contributed by atoms with Crippen molar-refractivity contribution in [3.63, 3.8) is 0 Å². The van der Waals surface area contributed by atoms with Crippen molar-refractivity contribution in [3.05, 3.63) is 54.6 Å². The molecule has 0 spiro atoms. The summed E-state index contributed by atoms with van der Waals surface area (Å²) in [7, 11) is 0. The summed E-state index contributed by atoms with van der Waals surface area (Å²) in [6.07, 6.45) is 9.10. The zero-order valence-corrected chi connectivity index (χ0v) is 14.5. The van der Waals surface area contributed by atoms with Gasteiger partial charge in [0, 0.05) is 51.3 Å². The smallest absolute Gasteiger partial charge is 0.252 e. The van der Waals surface area contributed by atoms with Crippen LogP contribution < -0.4 is 10.2 Å². The van der Waals surface area contributed by atoms with E-state index in [0.717, 1.165) is 45.6 Å². The fraction of sp³-hybridized carbons (Fsp3) is 0.421. The van der Waals surface area contributed by atoms with Crippen LogP contribution in [-0.2, 0) is 0 Å². The second-order valence-electron chi connectivity index (χ2n) is 6.24. The van der Waals surface area contributed by atoms with Crippen molar-refractivity contribution in [3.8, 4) is 0 Å². The van der Waals surface area contributed by atoms with Crippen LogP contribution in [0.2, 0.25) is 0 Å². The molecule has 1 aliphatic heterocycles. The molecule has 132 valence electrons. The van der Waals surface area contributed by atoms with Crippen LogP contribution in [0, 0.1) is 0 Å². The SMILES string of the molecule is O=C(NCCCCN1CCN(c2cccnc2)CC1)c1cccnc1. The maximum absolute atomic E-state index is 11.9. The van der Waals surface area contributed by atoms with Crippen molar-refractivity contribution in [1.82, 2.24) is 20.2 Å². The number of carbonyl (C=O) groups is 1. The van der Waals surface area contributed by atoms with Crippen LogP contribution in [0.25, 0.3) is 0 Å². The lowest BCUT2D eigenvalue weighted by atomic mass is 10.2. The quantitative estimate of drug-likeness (QED) is 0.780. The number of hydrogen-bond donors (Lipinski definition) is 1. The minimum Gasteiger partial charge on any atom is -0.368 e. The third kappa shape index (κ3) is 5.26. The largest absolute Gasteiger partial charge is 0.368 e. The molecule has 0 saturated carbocycles. The molecular weight excluding hydrogens is 314 g/mol. The van der Waals surface area contributed by atoms with Crippen molar-refractivity contribution in [2.24, 2.45) is 0 Å². The Morgan fingerprint density at radius 2 is 1.76 bits per heavy atom. The first-order valence-electron chi connectivity index (χ1n) is 8.88. The molecule has 6 nitrogen and oxygen atoms in total. The van der Waals surface area contributed by atoms with E-state index in [1.165, 1.54) is 5.69 Å². The van der Waals surface area contributed by atoms with Crippen LogP contribution >= 0.6 is 0 Å². The molecule has 1 amide bonds. The van der Waals surface area contributed by atoms with E-state index in [1.807, 2.05) is 18.5 Å². The average Bonchev–Trinajstić information content (AvgIpc) is 2.69. The van der Waals surface area contributed by atoms with Gasteiger partial charge in [0.05, 0.1) is 17.4 Å². The van der Waals surface area contributed by atoms with E-state index in [9.17, 15) is 4.79 Å². The molecule has 3 heterocycles. The molecule has 0 atom stereocenters. The first-order valence-corrected chi connectivity index (χ1v) is 8.88. The first kappa shape index (κ1) is 17.4. The summed E-state index contributed by atoms with van der Waals surface area (Å²) in [5.74, 6) is -0.0433. The number of rotatable bonds is 7. The molecule has 6 heteroatoms. The maximum atomic E-state index is 11.9. The fourth-order valence-corrected chi connectivity index (χ4v) is 3.03. The molecule has 0 aliphatic carbocycles. The molecule has 2 aromatic rings. The average molecular weight is 339 g/mol. The normalized spacial score (nSPS) is 15.1. The molecule has 0 aromatic carbocycles. The Hall–Kier alpha value is -2.47. The molecule has 0 unspecified atom stereocenters. The van der Waals surface area contributed by atoms with Crippen molar-refractivity contribution < 1.29 is 4.79 Å². The summed E-state index contributed by atoms with van der Waals surface area (Å²) in [5.41, 5.74) is 1.83. The zero-order valence-electron chi connectivity index (χ0n) is 14.5. The molecule has 25 heavy (non-hydrogen) atoms. The van der Waals surface area contributed by atoms with Crippen molar-refractivity contribution in [1.29, 1.82) is 0 Å². The summed E-state index contributed by atoms with van der Waals surface area (Å²) in [4.78, 5) is 24.9. The van der Waals surface area contributed by atoms with Gasteiger partial charge in [-0.3, -0.25) is 19.7 Å². The maximum Gasteiger partial charge on any atom is 0.252 e. The standard InChI is InChI=1S/C19H25N5O/c25-19(17-5-3-7-20-15-17)22-9-1-2-10-23-11-13-24(14-12-23)18-6-4-8-21-16-18/h3-8,15-16H,1-2,9-14H2,(H,22,25). The second kappa shape index (κ2) is 9.13. The summed E-state index contributed by atoms with van der Waals surface area (Å²) >= 11 is 0. The van der Waals surface area contributed by atoms with E-state index in [-0.39, 0.29) is 5.91 Å². The Balaban J connectivity index is 1.28. The third-order valence-electron chi connectivity index (χ3n) is 4.49. The van der Waals surface area contributed by atoms with E-state index >= 15 is 0 Å². The minimum atomic E-state index is -0.0433. The number of anilines is 1. The van der Waals surface area contributed by atoms with Gasteiger partial charge < -0.3 is 10.2 Å². The van der Waals surface area contributed by atoms with Crippen LogP contribution in [0.1, 0.15) is 23.2 Å². The summed E-state index contributed by atoms with van der Waals surface area (Å²) in [6, 6.07) is 7.67. The number of piperazine rings is 1. The highest BCUT2D eigenvalue weighted by atomic mass is 16.1. The third-order valence-corrected chi connectivity index (χ3v) is 4.49. The number of nitrogens with zero attached hydrogens (tertiary/aromatic N) is 4. The van der Waals surface area contributed by atoms with Crippen molar-refractivity contribution >= 4 is 11.6 Å². The number of aromatic nitrogens is 2. The first-order chi connectivity index (χ1) is 12.3. The van der Waals surface area contributed by atoms with Crippen LogP contribution in [0.3, 0.4) is 0 Å². The topological polar surface area (TPSA) is 61.4 Å². The Labute approximate surface area is 148 Å². The van der Waals surface area contributed by atoms with Gasteiger partial charge in [-0.1, -0.05) is 0 Å². The number of carbonyl (C=O) groups excluding carboxylic acids is 1. The van der Waals surface area contributed by atoms with Crippen LogP contribution in [0.4, 0.5) is 5.69 Å². The van der Waals surface area contributed by atoms with E-state index in [4.69, 9.17) is 0 Å². The zero-order chi connectivity index (χ0) is 17.3. The predicted molar refractivity (Wildman–Crippen MR) is 98.7 cm³/mol. The molecule has 2 aromatic heterocycles. The van der Waals surface area contributed by atoms with E-state index in [0.29, 0.717) is 12.1 Å². The summed E-state index contributed by atoms with van der Waals surface area (Å²) < 4.78 is 0. The molecule has 3 rings (SSSR count). The molecular formula is C19H25N5O. The fourth-order valence-electron chi connectivity index (χ4n) is 3.03. The van der Waals surface area contributed by atoms with Crippen LogP contribution in [-0.4, -0.2) is 60.0 Å². The Kier molecular flexibility index (Phi) is 6.34. The second-order valence-corrected chi connectivity index (χ2v) is 6.24.